The first-order chi connectivity index (χ1) is 10.6. The van der Waals surface area contributed by atoms with Gasteiger partial charge in [0.2, 0.25) is 5.88 Å². The van der Waals surface area contributed by atoms with Crippen LogP contribution in [-0.2, 0) is 9.53 Å². The van der Waals surface area contributed by atoms with Crippen molar-refractivity contribution >= 4 is 11.9 Å². The van der Waals surface area contributed by atoms with Gasteiger partial charge in [-0.2, -0.15) is 0 Å². The molecule has 1 aromatic carbocycles. The van der Waals surface area contributed by atoms with Gasteiger partial charge in [-0.25, -0.2) is 4.98 Å². The average molecular weight is 300 g/mol. The minimum atomic E-state index is -0.529. The highest BCUT2D eigenvalue weighted by molar-refractivity contribution is 5.97. The number of pyridine rings is 1. The average Bonchev–Trinajstić information content (AvgIpc) is 2.55. The van der Waals surface area contributed by atoms with Gasteiger partial charge in [0.15, 0.2) is 0 Å². The summed E-state index contributed by atoms with van der Waals surface area (Å²) in [6.07, 6.45) is 1.53. The molecule has 6 nitrogen and oxygen atoms in total. The fraction of sp³-hybridized carbons (Fsp3) is 0.188. The number of hydrogen-bond donors (Lipinski definition) is 1. The Morgan fingerprint density at radius 2 is 1.91 bits per heavy atom. The molecule has 1 heterocycles. The van der Waals surface area contributed by atoms with E-state index in [2.05, 4.69) is 15.0 Å². The Kier molecular flexibility index (Phi) is 5.08. The summed E-state index contributed by atoms with van der Waals surface area (Å²) in [6.45, 7) is 1.75. The van der Waals surface area contributed by atoms with Crippen molar-refractivity contribution < 1.29 is 19.1 Å². The number of esters is 1. The van der Waals surface area contributed by atoms with Gasteiger partial charge in [0.05, 0.1) is 7.11 Å². The molecule has 0 aliphatic rings. The highest BCUT2D eigenvalue weighted by atomic mass is 16.5. The number of nitrogens with zero attached hydrogens (tertiary/aromatic N) is 1. The van der Waals surface area contributed by atoms with Gasteiger partial charge in [0.1, 0.15) is 17.9 Å². The van der Waals surface area contributed by atoms with Crippen LogP contribution in [0.15, 0.2) is 42.6 Å². The lowest BCUT2D eigenvalue weighted by Crippen LogP contribution is -2.30. The Morgan fingerprint density at radius 3 is 2.59 bits per heavy atom. The van der Waals surface area contributed by atoms with E-state index in [1.54, 1.807) is 24.3 Å². The molecule has 2 rings (SSSR count). The summed E-state index contributed by atoms with van der Waals surface area (Å²) in [4.78, 5) is 27.2. The van der Waals surface area contributed by atoms with E-state index in [0.717, 1.165) is 5.56 Å². The maximum atomic E-state index is 12.1. The van der Waals surface area contributed by atoms with E-state index >= 15 is 0 Å². The lowest BCUT2D eigenvalue weighted by molar-refractivity contribution is -0.139. The summed E-state index contributed by atoms with van der Waals surface area (Å²) in [5.74, 6) is -0.237. The van der Waals surface area contributed by atoms with Crippen LogP contribution in [0.4, 0.5) is 0 Å². The zero-order valence-electron chi connectivity index (χ0n) is 12.3. The second-order valence-corrected chi connectivity index (χ2v) is 4.53. The topological polar surface area (TPSA) is 77.5 Å². The number of aromatic nitrogens is 1. The normalized spacial score (nSPS) is 9.91. The molecule has 0 spiro atoms. The van der Waals surface area contributed by atoms with Crippen LogP contribution in [-0.4, -0.2) is 30.5 Å². The second kappa shape index (κ2) is 7.21. The standard InChI is InChI=1S/C16H16N2O4/c1-11-5-7-12(8-6-11)22-16-13(4-3-9-17-16)15(20)18-10-14(19)21-2/h3-9H,10H2,1-2H3,(H,18,20). The number of carbonyl (C=O) groups is 2. The molecule has 114 valence electrons. The summed E-state index contributed by atoms with van der Waals surface area (Å²) in [5.41, 5.74) is 1.34. The Bertz CT molecular complexity index is 668. The fourth-order valence-electron chi connectivity index (χ4n) is 1.68. The van der Waals surface area contributed by atoms with Crippen LogP contribution in [0.2, 0.25) is 0 Å². The molecule has 0 aliphatic carbocycles. The monoisotopic (exact) mass is 300 g/mol. The van der Waals surface area contributed by atoms with E-state index < -0.39 is 11.9 Å². The van der Waals surface area contributed by atoms with Crippen LogP contribution in [0.1, 0.15) is 15.9 Å². The van der Waals surface area contributed by atoms with Gasteiger partial charge in [0, 0.05) is 6.20 Å². The van der Waals surface area contributed by atoms with Gasteiger partial charge in [0.25, 0.3) is 5.91 Å². The van der Waals surface area contributed by atoms with Crippen molar-refractivity contribution in [3.05, 3.63) is 53.7 Å². The summed E-state index contributed by atoms with van der Waals surface area (Å²) in [6, 6.07) is 10.6. The molecule has 0 atom stereocenters. The summed E-state index contributed by atoms with van der Waals surface area (Å²) >= 11 is 0. The van der Waals surface area contributed by atoms with Gasteiger partial charge in [-0.15, -0.1) is 0 Å². The molecule has 1 aromatic heterocycles. The predicted octanol–water partition coefficient (Wildman–Crippen LogP) is 2.09. The van der Waals surface area contributed by atoms with Crippen LogP contribution in [0, 0.1) is 6.92 Å². The van der Waals surface area contributed by atoms with E-state index in [4.69, 9.17) is 4.74 Å². The summed E-state index contributed by atoms with van der Waals surface area (Å²) in [5, 5.41) is 2.45. The molecule has 0 fully saturated rings. The number of hydrogen-bond acceptors (Lipinski definition) is 5. The van der Waals surface area contributed by atoms with Gasteiger partial charge in [-0.05, 0) is 31.2 Å². The molecular weight excluding hydrogens is 284 g/mol. The van der Waals surface area contributed by atoms with Crippen LogP contribution >= 0.6 is 0 Å². The minimum Gasteiger partial charge on any atom is -0.468 e. The first kappa shape index (κ1) is 15.5. The molecule has 0 bridgehead atoms. The Labute approximate surface area is 128 Å². The predicted molar refractivity (Wildman–Crippen MR) is 79.8 cm³/mol. The maximum Gasteiger partial charge on any atom is 0.325 e. The number of ether oxygens (including phenoxy) is 2. The number of benzene rings is 1. The van der Waals surface area contributed by atoms with Gasteiger partial charge in [-0.1, -0.05) is 17.7 Å². The van der Waals surface area contributed by atoms with Crippen molar-refractivity contribution in [3.63, 3.8) is 0 Å². The molecule has 2 aromatic rings. The van der Waals surface area contributed by atoms with Gasteiger partial charge in [-0.3, -0.25) is 9.59 Å². The zero-order chi connectivity index (χ0) is 15.9. The smallest absolute Gasteiger partial charge is 0.325 e. The number of rotatable bonds is 5. The van der Waals surface area contributed by atoms with E-state index in [0.29, 0.717) is 5.75 Å². The molecule has 0 saturated heterocycles. The number of nitrogens with one attached hydrogen (secondary N) is 1. The van der Waals surface area contributed by atoms with E-state index in [9.17, 15) is 9.59 Å². The molecule has 0 saturated carbocycles. The lowest BCUT2D eigenvalue weighted by atomic mass is 10.2. The quantitative estimate of drug-likeness (QED) is 0.855. The number of methoxy groups -OCH3 is 1. The first-order valence-electron chi connectivity index (χ1n) is 6.64. The molecule has 22 heavy (non-hydrogen) atoms. The number of carbonyl (C=O) groups excluding carboxylic acids is 2. The highest BCUT2D eigenvalue weighted by Crippen LogP contribution is 2.23. The van der Waals surface area contributed by atoms with Crippen molar-refractivity contribution in [2.75, 3.05) is 13.7 Å². The lowest BCUT2D eigenvalue weighted by Gasteiger charge is -2.10. The van der Waals surface area contributed by atoms with E-state index in [1.165, 1.54) is 13.3 Å². The van der Waals surface area contributed by atoms with Crippen LogP contribution < -0.4 is 10.1 Å². The van der Waals surface area contributed by atoms with Crippen LogP contribution in [0.5, 0.6) is 11.6 Å². The Hall–Kier alpha value is -2.89. The van der Waals surface area contributed by atoms with Crippen molar-refractivity contribution in [1.82, 2.24) is 10.3 Å². The number of amides is 1. The van der Waals surface area contributed by atoms with Gasteiger partial charge < -0.3 is 14.8 Å². The van der Waals surface area contributed by atoms with Crippen LogP contribution in [0.3, 0.4) is 0 Å². The fourth-order valence-corrected chi connectivity index (χ4v) is 1.68. The van der Waals surface area contributed by atoms with Crippen LogP contribution in [0.25, 0.3) is 0 Å². The van der Waals surface area contributed by atoms with Gasteiger partial charge >= 0.3 is 5.97 Å². The maximum absolute atomic E-state index is 12.1. The van der Waals surface area contributed by atoms with Crippen molar-refractivity contribution in [2.45, 2.75) is 6.92 Å². The van der Waals surface area contributed by atoms with Crippen molar-refractivity contribution in [1.29, 1.82) is 0 Å². The Morgan fingerprint density at radius 1 is 1.18 bits per heavy atom. The molecule has 6 heteroatoms. The van der Waals surface area contributed by atoms with E-state index in [1.807, 2.05) is 19.1 Å². The molecular formula is C16H16N2O4. The third-order valence-electron chi connectivity index (χ3n) is 2.87. The molecule has 0 aliphatic heterocycles. The molecule has 0 radical (unpaired) electrons. The third kappa shape index (κ3) is 4.05. The third-order valence-corrected chi connectivity index (χ3v) is 2.87. The van der Waals surface area contributed by atoms with Crippen molar-refractivity contribution in [3.8, 4) is 11.6 Å². The zero-order valence-corrected chi connectivity index (χ0v) is 12.3. The second-order valence-electron chi connectivity index (χ2n) is 4.53. The number of aryl methyl sites for hydroxylation is 1. The highest BCUT2D eigenvalue weighted by Gasteiger charge is 2.15. The SMILES string of the molecule is COC(=O)CNC(=O)c1cccnc1Oc1ccc(C)cc1. The summed E-state index contributed by atoms with van der Waals surface area (Å²) in [7, 11) is 1.25. The summed E-state index contributed by atoms with van der Waals surface area (Å²) < 4.78 is 10.1. The van der Waals surface area contributed by atoms with Crippen molar-refractivity contribution in [2.24, 2.45) is 0 Å². The van der Waals surface area contributed by atoms with E-state index in [-0.39, 0.29) is 18.0 Å². The largest absolute Gasteiger partial charge is 0.468 e. The Balaban J connectivity index is 2.14. The molecule has 1 amide bonds. The molecule has 1 N–H and O–H groups in total. The molecule has 0 unspecified atom stereocenters. The first-order valence-corrected chi connectivity index (χ1v) is 6.64. The minimum absolute atomic E-state index is 0.175.